The zero-order valence-corrected chi connectivity index (χ0v) is 11.9. The molecule has 1 saturated carbocycles. The van der Waals surface area contributed by atoms with Crippen LogP contribution in [-0.2, 0) is 9.47 Å². The Balaban J connectivity index is 1.53. The van der Waals surface area contributed by atoms with Gasteiger partial charge in [-0.1, -0.05) is 0 Å². The average molecular weight is 256 g/mol. The van der Waals surface area contributed by atoms with Crippen LogP contribution in [0.5, 0.6) is 0 Å². The molecular weight excluding hydrogens is 228 g/mol. The Hall–Kier alpha value is -0.160. The fraction of sp³-hybridized carbons (Fsp3) is 1.00. The second-order valence-corrected chi connectivity index (χ2v) is 5.81. The predicted molar refractivity (Wildman–Crippen MR) is 72.9 cm³/mol. The van der Waals surface area contributed by atoms with Crippen LogP contribution in [-0.4, -0.2) is 63.5 Å². The first-order valence-electron chi connectivity index (χ1n) is 7.35. The maximum Gasteiger partial charge on any atom is 0.0620 e. The molecule has 0 bridgehead atoms. The highest BCUT2D eigenvalue weighted by Crippen LogP contribution is 2.28. The molecule has 1 aliphatic carbocycles. The molecule has 0 spiro atoms. The van der Waals surface area contributed by atoms with E-state index in [0.29, 0.717) is 12.1 Å². The standard InChI is InChI=1S/C14H28N2O2/c1-12(9-14-11-17-7-5-15-14)16(2)6-8-18-10-13-3-4-13/h12-15H,3-11H2,1-2H3. The van der Waals surface area contributed by atoms with Crippen molar-refractivity contribution >= 4 is 0 Å². The Morgan fingerprint density at radius 1 is 1.44 bits per heavy atom. The normalized spacial score (nSPS) is 26.5. The van der Waals surface area contributed by atoms with Crippen LogP contribution in [0.4, 0.5) is 0 Å². The summed E-state index contributed by atoms with van der Waals surface area (Å²) in [4.78, 5) is 2.39. The fourth-order valence-electron chi connectivity index (χ4n) is 2.33. The van der Waals surface area contributed by atoms with E-state index in [1.54, 1.807) is 0 Å². The lowest BCUT2D eigenvalue weighted by atomic mass is 10.1. The smallest absolute Gasteiger partial charge is 0.0620 e. The monoisotopic (exact) mass is 256 g/mol. The number of hydrogen-bond donors (Lipinski definition) is 1. The number of hydrogen-bond acceptors (Lipinski definition) is 4. The van der Waals surface area contributed by atoms with E-state index in [1.807, 2.05) is 0 Å². The van der Waals surface area contributed by atoms with Gasteiger partial charge in [-0.05, 0) is 39.2 Å². The van der Waals surface area contributed by atoms with Crippen molar-refractivity contribution in [2.75, 3.05) is 46.6 Å². The van der Waals surface area contributed by atoms with Gasteiger partial charge in [0.2, 0.25) is 0 Å². The van der Waals surface area contributed by atoms with Gasteiger partial charge < -0.3 is 19.7 Å². The molecule has 0 amide bonds. The first-order valence-corrected chi connectivity index (χ1v) is 7.35. The second kappa shape index (κ2) is 7.43. The van der Waals surface area contributed by atoms with E-state index in [9.17, 15) is 0 Å². The fourth-order valence-corrected chi connectivity index (χ4v) is 2.33. The molecule has 1 aliphatic heterocycles. The van der Waals surface area contributed by atoms with Crippen LogP contribution in [0.15, 0.2) is 0 Å². The lowest BCUT2D eigenvalue weighted by Crippen LogP contribution is -2.45. The van der Waals surface area contributed by atoms with Crippen LogP contribution in [0.1, 0.15) is 26.2 Å². The van der Waals surface area contributed by atoms with Crippen molar-refractivity contribution in [3.05, 3.63) is 0 Å². The molecule has 4 heteroatoms. The average Bonchev–Trinajstić information content (AvgIpc) is 3.19. The van der Waals surface area contributed by atoms with E-state index in [0.717, 1.165) is 51.9 Å². The summed E-state index contributed by atoms with van der Waals surface area (Å²) in [6.07, 6.45) is 3.90. The van der Waals surface area contributed by atoms with E-state index in [2.05, 4.69) is 24.2 Å². The Kier molecular flexibility index (Phi) is 5.89. The largest absolute Gasteiger partial charge is 0.380 e. The quantitative estimate of drug-likeness (QED) is 0.660. The van der Waals surface area contributed by atoms with Gasteiger partial charge in [-0.15, -0.1) is 0 Å². The zero-order chi connectivity index (χ0) is 12.8. The molecule has 1 N–H and O–H groups in total. The topological polar surface area (TPSA) is 33.7 Å². The molecule has 2 atom stereocenters. The summed E-state index contributed by atoms with van der Waals surface area (Å²) in [5.74, 6) is 0.872. The Labute approximate surface area is 111 Å². The van der Waals surface area contributed by atoms with Crippen molar-refractivity contribution < 1.29 is 9.47 Å². The van der Waals surface area contributed by atoms with Crippen molar-refractivity contribution in [1.82, 2.24) is 10.2 Å². The van der Waals surface area contributed by atoms with Gasteiger partial charge in [-0.25, -0.2) is 0 Å². The summed E-state index contributed by atoms with van der Waals surface area (Å²) < 4.78 is 11.2. The summed E-state index contributed by atoms with van der Waals surface area (Å²) in [6, 6.07) is 1.09. The Bertz CT molecular complexity index is 228. The molecule has 2 unspecified atom stereocenters. The molecule has 0 aromatic heterocycles. The highest BCUT2D eigenvalue weighted by atomic mass is 16.5. The molecule has 2 fully saturated rings. The van der Waals surface area contributed by atoms with Gasteiger partial charge >= 0.3 is 0 Å². The molecule has 1 saturated heterocycles. The lowest BCUT2D eigenvalue weighted by molar-refractivity contribution is 0.0573. The van der Waals surface area contributed by atoms with Gasteiger partial charge in [-0.2, -0.15) is 0 Å². The van der Waals surface area contributed by atoms with E-state index < -0.39 is 0 Å². The minimum absolute atomic E-state index is 0.517. The Morgan fingerprint density at radius 3 is 2.94 bits per heavy atom. The van der Waals surface area contributed by atoms with Crippen LogP contribution < -0.4 is 5.32 Å². The van der Waals surface area contributed by atoms with Gasteiger partial charge in [-0.3, -0.25) is 0 Å². The third kappa shape index (κ3) is 5.22. The van der Waals surface area contributed by atoms with Gasteiger partial charge in [0.1, 0.15) is 0 Å². The lowest BCUT2D eigenvalue weighted by Gasteiger charge is -2.31. The molecule has 0 aromatic rings. The predicted octanol–water partition coefficient (Wildman–Crippen LogP) is 1.11. The maximum absolute atomic E-state index is 5.69. The SMILES string of the molecule is CC(CC1COCCN1)N(C)CCOCC1CC1. The third-order valence-electron chi connectivity index (χ3n) is 4.02. The number of nitrogens with zero attached hydrogens (tertiary/aromatic N) is 1. The molecule has 1 heterocycles. The van der Waals surface area contributed by atoms with Crippen molar-refractivity contribution in [2.24, 2.45) is 5.92 Å². The molecule has 106 valence electrons. The van der Waals surface area contributed by atoms with E-state index in [1.165, 1.54) is 12.8 Å². The number of rotatable bonds is 8. The molecule has 0 radical (unpaired) electrons. The summed E-state index contributed by atoms with van der Waals surface area (Å²) in [5.41, 5.74) is 0. The molecule has 2 rings (SSSR count). The maximum atomic E-state index is 5.69. The van der Waals surface area contributed by atoms with E-state index in [4.69, 9.17) is 9.47 Å². The van der Waals surface area contributed by atoms with Crippen molar-refractivity contribution in [1.29, 1.82) is 0 Å². The minimum Gasteiger partial charge on any atom is -0.380 e. The van der Waals surface area contributed by atoms with Crippen LogP contribution in [0, 0.1) is 5.92 Å². The van der Waals surface area contributed by atoms with Gasteiger partial charge in [0.15, 0.2) is 0 Å². The molecule has 4 nitrogen and oxygen atoms in total. The minimum atomic E-state index is 0.517. The van der Waals surface area contributed by atoms with Crippen LogP contribution in [0.25, 0.3) is 0 Å². The van der Waals surface area contributed by atoms with Crippen molar-refractivity contribution in [2.45, 2.75) is 38.3 Å². The number of likely N-dealkylation sites (N-methyl/N-ethyl adjacent to an activating group) is 1. The van der Waals surface area contributed by atoms with Crippen molar-refractivity contribution in [3.63, 3.8) is 0 Å². The second-order valence-electron chi connectivity index (χ2n) is 5.81. The molecule has 0 aromatic carbocycles. The van der Waals surface area contributed by atoms with Gasteiger partial charge in [0.05, 0.1) is 19.8 Å². The summed E-state index contributed by atoms with van der Waals surface area (Å²) >= 11 is 0. The highest BCUT2D eigenvalue weighted by Gasteiger charge is 2.21. The van der Waals surface area contributed by atoms with Gasteiger partial charge in [0.25, 0.3) is 0 Å². The third-order valence-corrected chi connectivity index (χ3v) is 4.02. The summed E-state index contributed by atoms with van der Waals surface area (Å²) in [5, 5.41) is 3.51. The first-order chi connectivity index (χ1) is 8.75. The molecule has 18 heavy (non-hydrogen) atoms. The van der Waals surface area contributed by atoms with Gasteiger partial charge in [0, 0.05) is 31.8 Å². The number of nitrogens with one attached hydrogen (secondary N) is 1. The van der Waals surface area contributed by atoms with Crippen molar-refractivity contribution in [3.8, 4) is 0 Å². The summed E-state index contributed by atoms with van der Waals surface area (Å²) in [7, 11) is 2.19. The van der Waals surface area contributed by atoms with Crippen LogP contribution in [0.2, 0.25) is 0 Å². The van der Waals surface area contributed by atoms with E-state index >= 15 is 0 Å². The number of ether oxygens (including phenoxy) is 2. The van der Waals surface area contributed by atoms with Crippen LogP contribution >= 0.6 is 0 Å². The highest BCUT2D eigenvalue weighted by molar-refractivity contribution is 4.76. The van der Waals surface area contributed by atoms with Crippen LogP contribution in [0.3, 0.4) is 0 Å². The van der Waals surface area contributed by atoms with E-state index in [-0.39, 0.29) is 0 Å². The zero-order valence-electron chi connectivity index (χ0n) is 11.9. The first kappa shape index (κ1) is 14.3. The Morgan fingerprint density at radius 2 is 2.28 bits per heavy atom. The number of morpholine rings is 1. The molecular formula is C14H28N2O2. The molecule has 2 aliphatic rings. The summed E-state index contributed by atoms with van der Waals surface area (Å²) in [6.45, 7) is 7.86.